The molecule has 4 bridgehead atoms. The Morgan fingerprint density at radius 3 is 1.49 bits per heavy atom. The van der Waals surface area contributed by atoms with Crippen molar-refractivity contribution in [2.45, 2.75) is 84.5 Å². The van der Waals surface area contributed by atoms with Crippen molar-refractivity contribution < 1.29 is 19.2 Å². The van der Waals surface area contributed by atoms with Crippen LogP contribution in [0.2, 0.25) is 0 Å². The van der Waals surface area contributed by atoms with Gasteiger partial charge in [-0.1, -0.05) is 30.7 Å². The molecule has 2 fully saturated rings. The molecule has 0 aromatic carbocycles. The lowest BCUT2D eigenvalue weighted by atomic mass is 9.89. The normalized spacial score (nSPS) is 33.1. The summed E-state index contributed by atoms with van der Waals surface area (Å²) in [7, 11) is 0. The highest BCUT2D eigenvalue weighted by Crippen LogP contribution is 2.46. The molecule has 6 atom stereocenters. The Labute approximate surface area is 232 Å². The van der Waals surface area contributed by atoms with E-state index < -0.39 is 0 Å². The minimum Gasteiger partial charge on any atom is -0.275 e. The topological polar surface area (TPSA) is 74.8 Å². The van der Waals surface area contributed by atoms with Crippen LogP contribution in [-0.2, 0) is 19.2 Å². The van der Waals surface area contributed by atoms with Gasteiger partial charge < -0.3 is 0 Å². The predicted molar refractivity (Wildman–Crippen MR) is 149 cm³/mol. The van der Waals surface area contributed by atoms with E-state index in [1.807, 2.05) is 0 Å². The van der Waals surface area contributed by atoms with Crippen LogP contribution in [0.1, 0.15) is 84.5 Å². The number of rotatable bonds is 12. The summed E-state index contributed by atoms with van der Waals surface area (Å²) in [5.74, 6) is 3.53. The van der Waals surface area contributed by atoms with Crippen LogP contribution < -0.4 is 0 Å². The van der Waals surface area contributed by atoms with Crippen LogP contribution in [0.3, 0.4) is 0 Å². The Kier molecular flexibility index (Phi) is 7.24. The number of fused-ring (bicyclic) bond motifs is 4. The van der Waals surface area contributed by atoms with Gasteiger partial charge in [-0.05, 0) is 114 Å². The molecule has 2 aliphatic heterocycles. The summed E-state index contributed by atoms with van der Waals surface area (Å²) < 4.78 is 0. The van der Waals surface area contributed by atoms with Gasteiger partial charge in [0.25, 0.3) is 23.6 Å². The van der Waals surface area contributed by atoms with Gasteiger partial charge in [0.05, 0.1) is 0 Å². The first kappa shape index (κ1) is 26.5. The zero-order valence-electron chi connectivity index (χ0n) is 23.5. The predicted octanol–water partition coefficient (Wildman–Crippen LogP) is 5.51. The molecule has 0 saturated heterocycles. The fourth-order valence-electron chi connectivity index (χ4n) is 8.38. The second-order valence-electron chi connectivity index (χ2n) is 12.9. The molecule has 0 radical (unpaired) electrons. The number of unbranched alkanes of at least 4 members (excludes halogenated alkanes) is 1. The summed E-state index contributed by atoms with van der Waals surface area (Å²) in [6, 6.07) is 0. The maximum Gasteiger partial charge on any atom is 0.257 e. The maximum atomic E-state index is 13.2. The first-order valence-electron chi connectivity index (χ1n) is 15.3. The molecule has 6 rings (SSSR count). The SMILES string of the molecule is CC1=C(CCC2=C(C)C(=O)N(CCCC3CC4C=CC3C4)C2=O)C(=O)N(CCCCC2CC3C=CC2C3)C1=O. The van der Waals surface area contributed by atoms with E-state index in [0.29, 0.717) is 60.1 Å². The molecular formula is C33H42N2O4. The molecule has 6 nitrogen and oxygen atoms in total. The number of carbonyl (C=O) groups excluding carboxylic acids is 4. The Bertz CT molecular complexity index is 1210. The molecule has 0 aromatic heterocycles. The van der Waals surface area contributed by atoms with Crippen molar-refractivity contribution in [1.82, 2.24) is 9.80 Å². The van der Waals surface area contributed by atoms with Crippen molar-refractivity contribution in [3.05, 3.63) is 46.6 Å². The number of hydrogen-bond acceptors (Lipinski definition) is 4. The Hall–Kier alpha value is -2.76. The third kappa shape index (κ3) is 4.89. The molecule has 2 saturated carbocycles. The Morgan fingerprint density at radius 1 is 0.590 bits per heavy atom. The van der Waals surface area contributed by atoms with Crippen LogP contribution in [0.5, 0.6) is 0 Å². The van der Waals surface area contributed by atoms with E-state index in [9.17, 15) is 19.2 Å². The van der Waals surface area contributed by atoms with Gasteiger partial charge in [-0.3, -0.25) is 29.0 Å². The first-order valence-corrected chi connectivity index (χ1v) is 15.3. The lowest BCUT2D eigenvalue weighted by Crippen LogP contribution is -2.33. The van der Waals surface area contributed by atoms with Gasteiger partial charge >= 0.3 is 0 Å². The summed E-state index contributed by atoms with van der Waals surface area (Å²) >= 11 is 0. The van der Waals surface area contributed by atoms with Crippen molar-refractivity contribution in [2.24, 2.45) is 35.5 Å². The van der Waals surface area contributed by atoms with Crippen LogP contribution in [0.15, 0.2) is 46.6 Å². The first-order chi connectivity index (χ1) is 18.8. The van der Waals surface area contributed by atoms with Crippen molar-refractivity contribution in [1.29, 1.82) is 0 Å². The second-order valence-corrected chi connectivity index (χ2v) is 12.9. The summed E-state index contributed by atoms with van der Waals surface area (Å²) in [6.45, 7) is 4.36. The number of allylic oxidation sites excluding steroid dienone is 4. The van der Waals surface area contributed by atoms with Crippen LogP contribution in [-0.4, -0.2) is 46.5 Å². The van der Waals surface area contributed by atoms with Gasteiger partial charge in [0.15, 0.2) is 0 Å². The molecule has 6 aliphatic rings. The average molecular weight is 531 g/mol. The molecule has 6 heteroatoms. The lowest BCUT2D eigenvalue weighted by molar-refractivity contribution is -0.139. The number of nitrogens with zero attached hydrogens (tertiary/aromatic N) is 2. The zero-order valence-corrected chi connectivity index (χ0v) is 23.5. The van der Waals surface area contributed by atoms with Crippen LogP contribution >= 0.6 is 0 Å². The van der Waals surface area contributed by atoms with Gasteiger partial charge in [-0.25, -0.2) is 0 Å². The summed E-state index contributed by atoms with van der Waals surface area (Å²) in [4.78, 5) is 54.9. The van der Waals surface area contributed by atoms with Crippen molar-refractivity contribution >= 4 is 23.6 Å². The minimum absolute atomic E-state index is 0.199. The van der Waals surface area contributed by atoms with E-state index in [0.717, 1.165) is 49.4 Å². The quantitative estimate of drug-likeness (QED) is 0.189. The van der Waals surface area contributed by atoms with Crippen LogP contribution in [0.25, 0.3) is 0 Å². The minimum atomic E-state index is -0.216. The van der Waals surface area contributed by atoms with Gasteiger partial charge in [0.2, 0.25) is 0 Å². The summed E-state index contributed by atoms with van der Waals surface area (Å²) in [6.07, 6.45) is 20.1. The molecule has 4 aliphatic carbocycles. The van der Waals surface area contributed by atoms with E-state index in [4.69, 9.17) is 0 Å². The van der Waals surface area contributed by atoms with E-state index in [2.05, 4.69) is 24.3 Å². The molecule has 39 heavy (non-hydrogen) atoms. The summed E-state index contributed by atoms with van der Waals surface area (Å²) in [5.41, 5.74) is 1.98. The number of carbonyl (C=O) groups is 4. The highest BCUT2D eigenvalue weighted by Gasteiger charge is 2.40. The molecular weight excluding hydrogens is 488 g/mol. The van der Waals surface area contributed by atoms with Crippen LogP contribution in [0.4, 0.5) is 0 Å². The second kappa shape index (κ2) is 10.7. The largest absolute Gasteiger partial charge is 0.275 e. The third-order valence-electron chi connectivity index (χ3n) is 10.7. The van der Waals surface area contributed by atoms with Gasteiger partial charge in [0, 0.05) is 35.4 Å². The van der Waals surface area contributed by atoms with E-state index in [1.54, 1.807) is 13.8 Å². The maximum absolute atomic E-state index is 13.2. The van der Waals surface area contributed by atoms with Gasteiger partial charge in [-0.2, -0.15) is 0 Å². The van der Waals surface area contributed by atoms with Crippen molar-refractivity contribution in [2.75, 3.05) is 13.1 Å². The molecule has 4 amide bonds. The standard InChI is InChI=1S/C33H42N2O4/c1-20-28(32(38)34(30(20)36)14-4-3-6-24-16-22-8-10-26(24)18-22)12-13-29-21(2)31(37)35(33(29)39)15-5-7-25-17-23-9-11-27(25)19-23/h8-11,22-27H,3-7,12-19H2,1-2H3. The monoisotopic (exact) mass is 530 g/mol. The fraction of sp³-hybridized carbons (Fsp3) is 0.636. The third-order valence-corrected chi connectivity index (χ3v) is 10.7. The molecule has 2 heterocycles. The van der Waals surface area contributed by atoms with E-state index in [-0.39, 0.29) is 23.6 Å². The van der Waals surface area contributed by atoms with Gasteiger partial charge in [0.1, 0.15) is 0 Å². The molecule has 0 spiro atoms. The number of imide groups is 2. The molecule has 208 valence electrons. The zero-order chi connectivity index (χ0) is 27.3. The summed E-state index contributed by atoms with van der Waals surface area (Å²) in [5, 5.41) is 0. The van der Waals surface area contributed by atoms with Gasteiger partial charge in [-0.15, -0.1) is 0 Å². The Morgan fingerprint density at radius 2 is 1.05 bits per heavy atom. The Balaban J connectivity index is 0.969. The smallest absolute Gasteiger partial charge is 0.257 e. The highest BCUT2D eigenvalue weighted by atomic mass is 16.2. The molecule has 0 aromatic rings. The van der Waals surface area contributed by atoms with E-state index in [1.165, 1.54) is 41.9 Å². The van der Waals surface area contributed by atoms with Crippen molar-refractivity contribution in [3.63, 3.8) is 0 Å². The van der Waals surface area contributed by atoms with E-state index >= 15 is 0 Å². The van der Waals surface area contributed by atoms with Crippen molar-refractivity contribution in [3.8, 4) is 0 Å². The lowest BCUT2D eigenvalue weighted by Gasteiger charge is -2.20. The van der Waals surface area contributed by atoms with Crippen LogP contribution in [0, 0.1) is 35.5 Å². The fourth-order valence-corrected chi connectivity index (χ4v) is 8.38. The average Bonchev–Trinajstić information content (AvgIpc) is 3.77. The molecule has 6 unspecified atom stereocenters. The molecule has 0 N–H and O–H groups in total. The number of hydrogen-bond donors (Lipinski definition) is 0. The highest BCUT2D eigenvalue weighted by molar-refractivity contribution is 6.20. The number of amides is 4.